The number of hydrogen-bond donors (Lipinski definition) is 0. The van der Waals surface area contributed by atoms with Crippen LogP contribution in [0.1, 0.15) is 25.8 Å². The lowest BCUT2D eigenvalue weighted by Gasteiger charge is -2.31. The Hall–Kier alpha value is -0.603. The molecule has 0 aromatic heterocycles. The highest BCUT2D eigenvalue weighted by Crippen LogP contribution is 2.42. The van der Waals surface area contributed by atoms with Crippen LogP contribution in [0.25, 0.3) is 0 Å². The number of likely N-dealkylation sites (tertiary alicyclic amines) is 1. The SMILES string of the molecule is CC1(C)CC([Si](C)(C)C)CN1Cc1ccccc1. The van der Waals surface area contributed by atoms with Crippen molar-refractivity contribution in [1.82, 2.24) is 4.90 Å². The molecule has 0 spiro atoms. The van der Waals surface area contributed by atoms with E-state index in [0.29, 0.717) is 5.54 Å². The summed E-state index contributed by atoms with van der Waals surface area (Å²) in [4.78, 5) is 2.69. The van der Waals surface area contributed by atoms with Crippen molar-refractivity contribution in [3.63, 3.8) is 0 Å². The Kier molecular flexibility index (Phi) is 3.70. The predicted octanol–water partition coefficient (Wildman–Crippen LogP) is 4.38. The Morgan fingerprint density at radius 3 is 2.28 bits per heavy atom. The van der Waals surface area contributed by atoms with Crippen molar-refractivity contribution in [1.29, 1.82) is 0 Å². The van der Waals surface area contributed by atoms with Gasteiger partial charge in [-0.2, -0.15) is 0 Å². The molecule has 0 aliphatic carbocycles. The van der Waals surface area contributed by atoms with Crippen LogP contribution in [-0.4, -0.2) is 25.1 Å². The minimum absolute atomic E-state index is 0.362. The molecular weight excluding hydrogens is 234 g/mol. The van der Waals surface area contributed by atoms with Gasteiger partial charge in [-0.25, -0.2) is 0 Å². The van der Waals surface area contributed by atoms with Crippen LogP contribution in [0.4, 0.5) is 0 Å². The molecule has 18 heavy (non-hydrogen) atoms. The molecular formula is C16H27NSi. The summed E-state index contributed by atoms with van der Waals surface area (Å²) in [5.41, 5.74) is 2.75. The maximum Gasteiger partial charge on any atom is 0.0488 e. The quantitative estimate of drug-likeness (QED) is 0.730. The first kappa shape index (κ1) is 13.8. The van der Waals surface area contributed by atoms with Gasteiger partial charge in [0, 0.05) is 20.2 Å². The molecule has 1 aromatic rings. The number of rotatable bonds is 3. The molecule has 1 aromatic carbocycles. The van der Waals surface area contributed by atoms with E-state index < -0.39 is 8.07 Å². The monoisotopic (exact) mass is 261 g/mol. The lowest BCUT2D eigenvalue weighted by Crippen LogP contribution is -2.37. The van der Waals surface area contributed by atoms with E-state index in [2.05, 4.69) is 68.7 Å². The summed E-state index contributed by atoms with van der Waals surface area (Å²) in [7, 11) is -1.01. The van der Waals surface area contributed by atoms with E-state index in [0.717, 1.165) is 12.1 Å². The first-order chi connectivity index (χ1) is 8.29. The fourth-order valence-electron chi connectivity index (χ4n) is 2.97. The van der Waals surface area contributed by atoms with Gasteiger partial charge in [0.15, 0.2) is 0 Å². The average Bonchev–Trinajstić information content (AvgIpc) is 2.56. The molecule has 2 rings (SSSR count). The summed E-state index contributed by atoms with van der Waals surface area (Å²) < 4.78 is 0. The molecule has 2 heteroatoms. The molecule has 0 radical (unpaired) electrons. The molecule has 1 heterocycles. The van der Waals surface area contributed by atoms with E-state index in [9.17, 15) is 0 Å². The molecule has 1 nitrogen and oxygen atoms in total. The smallest absolute Gasteiger partial charge is 0.0488 e. The summed E-state index contributed by atoms with van der Waals surface area (Å²) in [6.07, 6.45) is 1.37. The van der Waals surface area contributed by atoms with Gasteiger partial charge in [0.25, 0.3) is 0 Å². The van der Waals surface area contributed by atoms with Crippen LogP contribution in [0.2, 0.25) is 25.2 Å². The standard InChI is InChI=1S/C16H27NSi/c1-16(2)11-15(18(3,4)5)13-17(16)12-14-9-7-6-8-10-14/h6-10,15H,11-13H2,1-5H3. The van der Waals surface area contributed by atoms with Crippen LogP contribution < -0.4 is 0 Å². The molecule has 1 saturated heterocycles. The van der Waals surface area contributed by atoms with Crippen LogP contribution in [0.5, 0.6) is 0 Å². The highest BCUT2D eigenvalue weighted by molar-refractivity contribution is 6.77. The molecule has 0 saturated carbocycles. The predicted molar refractivity (Wildman–Crippen MR) is 82.6 cm³/mol. The fraction of sp³-hybridized carbons (Fsp3) is 0.625. The summed E-state index contributed by atoms with van der Waals surface area (Å²) >= 11 is 0. The lowest BCUT2D eigenvalue weighted by atomic mass is 10.0. The molecule has 0 N–H and O–H groups in total. The van der Waals surface area contributed by atoms with Crippen LogP contribution >= 0.6 is 0 Å². The fourth-order valence-corrected chi connectivity index (χ4v) is 4.85. The minimum atomic E-state index is -1.01. The van der Waals surface area contributed by atoms with Crippen LogP contribution in [-0.2, 0) is 6.54 Å². The number of hydrogen-bond acceptors (Lipinski definition) is 1. The highest BCUT2D eigenvalue weighted by atomic mass is 28.3. The van der Waals surface area contributed by atoms with Crippen molar-refractivity contribution in [2.45, 2.75) is 57.5 Å². The average molecular weight is 261 g/mol. The van der Waals surface area contributed by atoms with E-state index >= 15 is 0 Å². The Morgan fingerprint density at radius 1 is 1.17 bits per heavy atom. The van der Waals surface area contributed by atoms with Gasteiger partial charge in [0.05, 0.1) is 0 Å². The molecule has 0 amide bonds. The van der Waals surface area contributed by atoms with Crippen LogP contribution in [0.15, 0.2) is 30.3 Å². The summed E-state index contributed by atoms with van der Waals surface area (Å²) in [6, 6.07) is 10.9. The van der Waals surface area contributed by atoms with E-state index in [-0.39, 0.29) is 0 Å². The Balaban J connectivity index is 2.09. The summed E-state index contributed by atoms with van der Waals surface area (Å²) in [5.74, 6) is 0. The van der Waals surface area contributed by atoms with Crippen molar-refractivity contribution in [3.05, 3.63) is 35.9 Å². The van der Waals surface area contributed by atoms with Gasteiger partial charge < -0.3 is 0 Å². The molecule has 0 bridgehead atoms. The molecule has 1 aliphatic rings. The maximum absolute atomic E-state index is 2.69. The zero-order chi connectivity index (χ0) is 13.4. The second-order valence-electron chi connectivity index (χ2n) is 7.45. The van der Waals surface area contributed by atoms with E-state index in [4.69, 9.17) is 0 Å². The second-order valence-corrected chi connectivity index (χ2v) is 13.0. The first-order valence-electron chi connectivity index (χ1n) is 7.08. The number of benzene rings is 1. The van der Waals surface area contributed by atoms with Gasteiger partial charge in [-0.15, -0.1) is 0 Å². The zero-order valence-electron chi connectivity index (χ0n) is 12.5. The highest BCUT2D eigenvalue weighted by Gasteiger charge is 2.43. The van der Waals surface area contributed by atoms with Gasteiger partial charge in [0.1, 0.15) is 0 Å². The first-order valence-corrected chi connectivity index (χ1v) is 10.7. The van der Waals surface area contributed by atoms with E-state index in [1.807, 2.05) is 0 Å². The van der Waals surface area contributed by atoms with E-state index in [1.165, 1.54) is 18.5 Å². The van der Waals surface area contributed by atoms with Gasteiger partial charge in [0.2, 0.25) is 0 Å². The van der Waals surface area contributed by atoms with Gasteiger partial charge >= 0.3 is 0 Å². The summed E-state index contributed by atoms with van der Waals surface area (Å²) in [5, 5.41) is 0. The Labute approximate surface area is 113 Å². The van der Waals surface area contributed by atoms with Crippen molar-refractivity contribution in [2.24, 2.45) is 0 Å². The second kappa shape index (κ2) is 4.82. The summed E-state index contributed by atoms with van der Waals surface area (Å²) in [6.45, 7) is 14.8. The molecule has 100 valence electrons. The third kappa shape index (κ3) is 3.04. The van der Waals surface area contributed by atoms with Gasteiger partial charge in [-0.05, 0) is 37.9 Å². The molecule has 1 aliphatic heterocycles. The normalized spacial score (nSPS) is 24.4. The topological polar surface area (TPSA) is 3.24 Å². The van der Waals surface area contributed by atoms with Crippen molar-refractivity contribution >= 4 is 8.07 Å². The molecule has 1 atom stereocenters. The van der Waals surface area contributed by atoms with Crippen molar-refractivity contribution < 1.29 is 0 Å². The minimum Gasteiger partial charge on any atom is -0.294 e. The Morgan fingerprint density at radius 2 is 1.78 bits per heavy atom. The molecule has 1 unspecified atom stereocenters. The maximum atomic E-state index is 2.69. The van der Waals surface area contributed by atoms with Gasteiger partial charge in [-0.1, -0.05) is 50.0 Å². The number of nitrogens with zero attached hydrogens (tertiary/aromatic N) is 1. The zero-order valence-corrected chi connectivity index (χ0v) is 13.5. The Bertz CT molecular complexity index is 391. The third-order valence-electron chi connectivity index (χ3n) is 4.48. The van der Waals surface area contributed by atoms with Crippen molar-refractivity contribution in [3.8, 4) is 0 Å². The largest absolute Gasteiger partial charge is 0.294 e. The van der Waals surface area contributed by atoms with Gasteiger partial charge in [-0.3, -0.25) is 4.90 Å². The third-order valence-corrected chi connectivity index (χ3v) is 7.32. The lowest BCUT2D eigenvalue weighted by molar-refractivity contribution is 0.166. The van der Waals surface area contributed by atoms with Crippen LogP contribution in [0.3, 0.4) is 0 Å². The van der Waals surface area contributed by atoms with Crippen LogP contribution in [0, 0.1) is 0 Å². The van der Waals surface area contributed by atoms with Crippen molar-refractivity contribution in [2.75, 3.05) is 6.54 Å². The van der Waals surface area contributed by atoms with E-state index in [1.54, 1.807) is 0 Å². The molecule has 1 fully saturated rings.